The van der Waals surface area contributed by atoms with Crippen molar-refractivity contribution >= 4 is 51.0 Å². The molecule has 2 N–H and O–H groups in total. The molecule has 0 aliphatic carbocycles. The summed E-state index contributed by atoms with van der Waals surface area (Å²) in [5.74, 6) is 2.58. The van der Waals surface area contributed by atoms with Gasteiger partial charge in [0.15, 0.2) is 12.4 Å². The van der Waals surface area contributed by atoms with E-state index in [1.807, 2.05) is 26.0 Å². The Morgan fingerprint density at radius 2 is 1.84 bits per heavy atom. The summed E-state index contributed by atoms with van der Waals surface area (Å²) in [5, 5.41) is 12.2. The minimum Gasteiger partial charge on any atom is -0.453 e. The van der Waals surface area contributed by atoms with Gasteiger partial charge < -0.3 is 20.3 Å². The van der Waals surface area contributed by atoms with Crippen molar-refractivity contribution in [1.82, 2.24) is 34.4 Å². The lowest BCUT2D eigenvalue weighted by atomic mass is 9.96. The fourth-order valence-electron chi connectivity index (χ4n) is 6.79. The minimum absolute atomic E-state index is 0.0212. The lowest BCUT2D eigenvalue weighted by molar-refractivity contribution is -0.118. The van der Waals surface area contributed by atoms with E-state index in [9.17, 15) is 9.18 Å². The van der Waals surface area contributed by atoms with Crippen LogP contribution < -0.4 is 20.3 Å². The van der Waals surface area contributed by atoms with E-state index in [1.54, 1.807) is 40.5 Å². The summed E-state index contributed by atoms with van der Waals surface area (Å²) < 4.78 is 39.1. The third kappa shape index (κ3) is 6.30. The first kappa shape index (κ1) is 32.5. The average molecular weight is 704 g/mol. The highest BCUT2D eigenvalue weighted by Gasteiger charge is 2.34. The smallest absolute Gasteiger partial charge is 0.319 e. The molecule has 0 saturated carbocycles. The molecule has 1 amide bonds. The Balaban J connectivity index is 1.09. The summed E-state index contributed by atoms with van der Waals surface area (Å²) in [7, 11) is 0. The van der Waals surface area contributed by atoms with Crippen LogP contribution in [0.2, 0.25) is 0 Å². The molecule has 2 aliphatic rings. The zero-order chi connectivity index (χ0) is 35.2. The van der Waals surface area contributed by atoms with Crippen LogP contribution in [0.1, 0.15) is 30.1 Å². The Labute approximate surface area is 296 Å². The number of hydrogen-bond donors (Lipinski definition) is 2. The number of ether oxygens (including phenoxy) is 1. The van der Waals surface area contributed by atoms with Crippen LogP contribution in [-0.2, 0) is 4.79 Å². The second-order valence-corrected chi connectivity index (χ2v) is 13.6. The highest BCUT2D eigenvalue weighted by atomic mass is 32.2. The van der Waals surface area contributed by atoms with E-state index in [-0.39, 0.29) is 34.9 Å². The number of amides is 1. The Morgan fingerprint density at radius 1 is 1.06 bits per heavy atom. The van der Waals surface area contributed by atoms with Gasteiger partial charge >= 0.3 is 6.01 Å². The first-order valence-corrected chi connectivity index (χ1v) is 17.2. The van der Waals surface area contributed by atoms with Gasteiger partial charge in [0.05, 0.1) is 10.9 Å². The monoisotopic (exact) mass is 703 g/mol. The molecule has 0 radical (unpaired) electrons. The third-order valence-corrected chi connectivity index (χ3v) is 10.1. The summed E-state index contributed by atoms with van der Waals surface area (Å²) in [6.07, 6.45) is 9.28. The summed E-state index contributed by atoms with van der Waals surface area (Å²) in [6.45, 7) is 4.61. The van der Waals surface area contributed by atoms with Gasteiger partial charge in [0.25, 0.3) is 5.91 Å². The van der Waals surface area contributed by atoms with Crippen molar-refractivity contribution in [3.63, 3.8) is 0 Å². The van der Waals surface area contributed by atoms with Crippen LogP contribution in [0.15, 0.2) is 65.7 Å². The van der Waals surface area contributed by atoms with Crippen molar-refractivity contribution in [2.75, 3.05) is 29.9 Å². The van der Waals surface area contributed by atoms with Crippen molar-refractivity contribution in [2.45, 2.75) is 43.7 Å². The standard InChI is InChI=1S/C37H31F2N9O2S/c1-4-27-30(38)15-8-22-6-5-7-28(32(22)27)34-33(39)35-29(16-40-34)36(47-17-24-9-10-25(18-47)42-24)45-37(44-35)50-19-31(49)43-23-11-13-26(14-12-23)51-48-21(3)41-20(2)46-48/h1,5-8,11-16,24-25,42H,9-10,17-19H2,2-3H3,(H,43,49). The molecule has 2 bridgehead atoms. The first-order valence-electron chi connectivity index (χ1n) is 16.4. The predicted octanol–water partition coefficient (Wildman–Crippen LogP) is 5.83. The summed E-state index contributed by atoms with van der Waals surface area (Å²) in [6, 6.07) is 15.7. The van der Waals surface area contributed by atoms with Crippen molar-refractivity contribution in [3.05, 3.63) is 89.6 Å². The van der Waals surface area contributed by atoms with E-state index in [4.69, 9.17) is 11.2 Å². The zero-order valence-electron chi connectivity index (χ0n) is 27.7. The second-order valence-electron chi connectivity index (χ2n) is 12.6. The highest BCUT2D eigenvalue weighted by molar-refractivity contribution is 7.97. The third-order valence-electron chi connectivity index (χ3n) is 9.05. The summed E-state index contributed by atoms with van der Waals surface area (Å²) in [4.78, 5) is 34.0. The lowest BCUT2D eigenvalue weighted by Gasteiger charge is -2.34. The number of anilines is 2. The fraction of sp³-hybridized carbons (Fsp3) is 0.243. The van der Waals surface area contributed by atoms with Gasteiger partial charge in [-0.3, -0.25) is 9.78 Å². The fourth-order valence-corrected chi connectivity index (χ4v) is 7.58. The van der Waals surface area contributed by atoms with E-state index in [1.165, 1.54) is 24.2 Å². The van der Waals surface area contributed by atoms with Gasteiger partial charge in [-0.1, -0.05) is 30.2 Å². The number of nitrogens with zero attached hydrogens (tertiary/aromatic N) is 7. The average Bonchev–Trinajstić information content (AvgIpc) is 3.64. The first-order chi connectivity index (χ1) is 24.7. The Hall–Kier alpha value is -5.65. The highest BCUT2D eigenvalue weighted by Crippen LogP contribution is 2.37. The Kier molecular flexibility index (Phi) is 8.45. The number of hydrogen-bond acceptors (Lipinski definition) is 10. The Morgan fingerprint density at radius 3 is 2.57 bits per heavy atom. The molecule has 2 fully saturated rings. The molecule has 14 heteroatoms. The van der Waals surface area contributed by atoms with Gasteiger partial charge in [-0.2, -0.15) is 14.1 Å². The molecule has 51 heavy (non-hydrogen) atoms. The zero-order valence-corrected chi connectivity index (χ0v) is 28.5. The minimum atomic E-state index is -0.738. The molecule has 5 heterocycles. The van der Waals surface area contributed by atoms with Gasteiger partial charge in [-0.15, -0.1) is 11.5 Å². The van der Waals surface area contributed by atoms with Gasteiger partial charge in [-0.05, 0) is 62.4 Å². The van der Waals surface area contributed by atoms with Crippen molar-refractivity contribution in [2.24, 2.45) is 0 Å². The van der Waals surface area contributed by atoms with Gasteiger partial charge in [0.2, 0.25) is 0 Å². The summed E-state index contributed by atoms with van der Waals surface area (Å²) >= 11 is 1.41. The molecule has 6 aromatic rings. The SMILES string of the molecule is C#Cc1c(F)ccc2cccc(-c3ncc4c(N5CC6CCC(C5)N6)nc(OCC(=O)Nc5ccc(Sn6nc(C)nc6C)cc5)nc4c3F)c12. The summed E-state index contributed by atoms with van der Waals surface area (Å²) in [5.41, 5.74) is 0.841. The maximum Gasteiger partial charge on any atom is 0.319 e. The number of halogens is 2. The molecule has 2 unspecified atom stereocenters. The number of pyridine rings is 1. The normalized spacial score (nSPS) is 16.8. The number of nitrogens with one attached hydrogen (secondary N) is 2. The van der Waals surface area contributed by atoms with E-state index in [0.29, 0.717) is 52.1 Å². The number of aromatic nitrogens is 6. The van der Waals surface area contributed by atoms with Crippen molar-refractivity contribution in [1.29, 1.82) is 0 Å². The second kappa shape index (κ2) is 13.2. The number of piperazine rings is 1. The van der Waals surface area contributed by atoms with E-state index in [0.717, 1.165) is 23.6 Å². The molecule has 2 aliphatic heterocycles. The lowest BCUT2D eigenvalue weighted by Crippen LogP contribution is -2.51. The van der Waals surface area contributed by atoms with Gasteiger partial charge in [-0.25, -0.2) is 13.8 Å². The number of aryl methyl sites for hydroxylation is 2. The van der Waals surface area contributed by atoms with Gasteiger partial charge in [0.1, 0.15) is 34.5 Å². The number of fused-ring (bicyclic) bond motifs is 4. The molecule has 256 valence electrons. The number of carbonyl (C=O) groups is 1. The molecular weight excluding hydrogens is 673 g/mol. The number of terminal acetylenes is 1. The predicted molar refractivity (Wildman–Crippen MR) is 192 cm³/mol. The largest absolute Gasteiger partial charge is 0.453 e. The Bertz CT molecular complexity index is 2370. The van der Waals surface area contributed by atoms with Crippen LogP contribution in [0.5, 0.6) is 6.01 Å². The maximum absolute atomic E-state index is 16.7. The van der Waals surface area contributed by atoms with E-state index < -0.39 is 24.1 Å². The van der Waals surface area contributed by atoms with Crippen molar-refractivity contribution in [3.8, 4) is 29.6 Å². The van der Waals surface area contributed by atoms with Crippen LogP contribution in [0.3, 0.4) is 0 Å². The molecule has 2 atom stereocenters. The number of benzene rings is 3. The van der Waals surface area contributed by atoms with E-state index >= 15 is 4.39 Å². The van der Waals surface area contributed by atoms with Gasteiger partial charge in [0, 0.05) is 64.9 Å². The van der Waals surface area contributed by atoms with Crippen LogP contribution in [0.25, 0.3) is 32.9 Å². The van der Waals surface area contributed by atoms with Crippen molar-refractivity contribution < 1.29 is 18.3 Å². The van der Waals surface area contributed by atoms with Crippen LogP contribution in [-0.4, -0.2) is 66.8 Å². The molecular formula is C37H31F2N9O2S. The van der Waals surface area contributed by atoms with Crippen LogP contribution in [0, 0.1) is 37.8 Å². The van der Waals surface area contributed by atoms with Crippen LogP contribution in [0.4, 0.5) is 20.3 Å². The number of rotatable bonds is 8. The topological polar surface area (TPSA) is 123 Å². The quantitative estimate of drug-likeness (QED) is 0.187. The molecule has 11 nitrogen and oxygen atoms in total. The maximum atomic E-state index is 16.7. The van der Waals surface area contributed by atoms with Crippen LogP contribution >= 0.6 is 11.9 Å². The molecule has 2 saturated heterocycles. The number of carbonyl (C=O) groups excluding carboxylic acids is 1. The molecule has 8 rings (SSSR count). The molecule has 3 aromatic heterocycles. The molecule has 3 aromatic carbocycles. The molecule has 0 spiro atoms. The van der Waals surface area contributed by atoms with E-state index in [2.05, 4.69) is 46.5 Å².